The van der Waals surface area contributed by atoms with E-state index in [2.05, 4.69) is 18.3 Å². The van der Waals surface area contributed by atoms with Crippen LogP contribution in [0.25, 0.3) is 0 Å². The number of hydrogen-bond donors (Lipinski definition) is 1. The zero-order valence-corrected chi connectivity index (χ0v) is 13.1. The van der Waals surface area contributed by atoms with Crippen molar-refractivity contribution >= 4 is 11.6 Å². The zero-order chi connectivity index (χ0) is 15.4. The normalized spacial score (nSPS) is 20.3. The number of aryl methyl sites for hydroxylation is 1. The number of hydrogen-bond acceptors (Lipinski definition) is 4. The highest BCUT2D eigenvalue weighted by molar-refractivity contribution is 5.81. The predicted octanol–water partition coefficient (Wildman–Crippen LogP) is 2.03. The molecule has 0 aliphatic carbocycles. The molecule has 22 heavy (non-hydrogen) atoms. The van der Waals surface area contributed by atoms with Gasteiger partial charge < -0.3 is 19.7 Å². The Labute approximate surface area is 131 Å². The van der Waals surface area contributed by atoms with Gasteiger partial charge in [0, 0.05) is 31.6 Å². The molecule has 1 amide bonds. The minimum Gasteiger partial charge on any atom is -0.376 e. The molecule has 0 unspecified atom stereocenters. The van der Waals surface area contributed by atoms with Crippen molar-refractivity contribution in [3.63, 3.8) is 0 Å². The second kappa shape index (κ2) is 6.67. The van der Waals surface area contributed by atoms with E-state index >= 15 is 0 Å². The van der Waals surface area contributed by atoms with Gasteiger partial charge in [0.15, 0.2) is 5.79 Å². The molecule has 0 bridgehead atoms. The maximum atomic E-state index is 12.4. The quantitative estimate of drug-likeness (QED) is 0.925. The molecular formula is C17H24N2O3. The first-order valence-corrected chi connectivity index (χ1v) is 8.10. The van der Waals surface area contributed by atoms with Gasteiger partial charge in [-0.15, -0.1) is 0 Å². The number of piperidine rings is 1. The Morgan fingerprint density at radius 1 is 1.23 bits per heavy atom. The highest BCUT2D eigenvalue weighted by Crippen LogP contribution is 2.31. The Morgan fingerprint density at radius 3 is 2.59 bits per heavy atom. The van der Waals surface area contributed by atoms with E-state index in [0.29, 0.717) is 32.8 Å². The number of carbonyl (C=O) groups is 1. The minimum absolute atomic E-state index is 0.138. The van der Waals surface area contributed by atoms with Crippen LogP contribution in [0.3, 0.4) is 0 Å². The van der Waals surface area contributed by atoms with Crippen molar-refractivity contribution in [3.8, 4) is 0 Å². The molecular weight excluding hydrogens is 280 g/mol. The second-order valence-electron chi connectivity index (χ2n) is 5.85. The molecule has 0 radical (unpaired) electrons. The smallest absolute Gasteiger partial charge is 0.241 e. The van der Waals surface area contributed by atoms with Gasteiger partial charge in [-0.3, -0.25) is 4.79 Å². The molecule has 1 aromatic carbocycles. The van der Waals surface area contributed by atoms with Crippen LogP contribution in [-0.4, -0.2) is 49.4 Å². The summed E-state index contributed by atoms with van der Waals surface area (Å²) in [4.78, 5) is 14.3. The number of nitrogens with zero attached hydrogens (tertiary/aromatic N) is 1. The summed E-state index contributed by atoms with van der Waals surface area (Å²) in [6, 6.07) is 8.13. The van der Waals surface area contributed by atoms with Crippen molar-refractivity contribution in [3.05, 3.63) is 29.8 Å². The van der Waals surface area contributed by atoms with Crippen molar-refractivity contribution in [2.75, 3.05) is 38.2 Å². The van der Waals surface area contributed by atoms with Gasteiger partial charge in [0.2, 0.25) is 5.91 Å². The van der Waals surface area contributed by atoms with E-state index in [1.807, 2.05) is 23.1 Å². The maximum absolute atomic E-state index is 12.4. The summed E-state index contributed by atoms with van der Waals surface area (Å²) < 4.78 is 11.4. The van der Waals surface area contributed by atoms with E-state index in [4.69, 9.17) is 9.47 Å². The number of benzene rings is 1. The molecule has 3 rings (SSSR count). The van der Waals surface area contributed by atoms with Gasteiger partial charge in [-0.05, 0) is 18.1 Å². The molecule has 1 spiro atoms. The second-order valence-corrected chi connectivity index (χ2v) is 5.85. The van der Waals surface area contributed by atoms with Gasteiger partial charge in [0.05, 0.1) is 19.8 Å². The van der Waals surface area contributed by atoms with Crippen LogP contribution in [0.1, 0.15) is 25.3 Å². The SMILES string of the molecule is CCc1ccccc1NCC(=O)N1CCC2(CC1)OCCO2. The molecule has 0 aromatic heterocycles. The summed E-state index contributed by atoms with van der Waals surface area (Å²) in [7, 11) is 0. The topological polar surface area (TPSA) is 50.8 Å². The lowest BCUT2D eigenvalue weighted by Crippen LogP contribution is -2.48. The molecule has 5 nitrogen and oxygen atoms in total. The van der Waals surface area contributed by atoms with Crippen LogP contribution in [0.4, 0.5) is 5.69 Å². The summed E-state index contributed by atoms with van der Waals surface area (Å²) in [6.07, 6.45) is 2.49. The van der Waals surface area contributed by atoms with Crippen LogP contribution in [-0.2, 0) is 20.7 Å². The first-order valence-electron chi connectivity index (χ1n) is 8.10. The Bertz CT molecular complexity index is 516. The van der Waals surface area contributed by atoms with E-state index in [1.165, 1.54) is 5.56 Å². The third-order valence-electron chi connectivity index (χ3n) is 4.52. The van der Waals surface area contributed by atoms with Gasteiger partial charge in [-0.25, -0.2) is 0 Å². The first kappa shape index (κ1) is 15.3. The largest absolute Gasteiger partial charge is 0.376 e. The molecule has 2 heterocycles. The lowest BCUT2D eigenvalue weighted by molar-refractivity contribution is -0.187. The summed E-state index contributed by atoms with van der Waals surface area (Å²) in [5.41, 5.74) is 2.29. The number of para-hydroxylation sites is 1. The predicted molar refractivity (Wildman–Crippen MR) is 84.8 cm³/mol. The molecule has 2 aliphatic rings. The van der Waals surface area contributed by atoms with Crippen LogP contribution in [0.2, 0.25) is 0 Å². The van der Waals surface area contributed by atoms with Gasteiger partial charge in [-0.2, -0.15) is 0 Å². The van der Waals surface area contributed by atoms with Crippen LogP contribution in [0.15, 0.2) is 24.3 Å². The fraction of sp³-hybridized carbons (Fsp3) is 0.588. The molecule has 1 aromatic rings. The Kier molecular flexibility index (Phi) is 4.64. The standard InChI is InChI=1S/C17H24N2O3/c1-2-14-5-3-4-6-15(14)18-13-16(20)19-9-7-17(8-10-19)21-11-12-22-17/h3-6,18H,2,7-13H2,1H3. The van der Waals surface area contributed by atoms with Gasteiger partial charge in [0.1, 0.15) is 0 Å². The van der Waals surface area contributed by atoms with Crippen molar-refractivity contribution < 1.29 is 14.3 Å². The molecule has 0 atom stereocenters. The average Bonchev–Trinajstić information content (AvgIpc) is 3.01. The van der Waals surface area contributed by atoms with E-state index in [9.17, 15) is 4.79 Å². The van der Waals surface area contributed by atoms with Crippen molar-refractivity contribution in [2.24, 2.45) is 0 Å². The van der Waals surface area contributed by atoms with E-state index in [0.717, 1.165) is 24.9 Å². The molecule has 2 saturated heterocycles. The van der Waals surface area contributed by atoms with Gasteiger partial charge in [-0.1, -0.05) is 25.1 Å². The number of rotatable bonds is 4. The van der Waals surface area contributed by atoms with Crippen LogP contribution in [0, 0.1) is 0 Å². The van der Waals surface area contributed by atoms with E-state index < -0.39 is 5.79 Å². The molecule has 2 fully saturated rings. The van der Waals surface area contributed by atoms with Crippen LogP contribution >= 0.6 is 0 Å². The number of carbonyl (C=O) groups excluding carboxylic acids is 1. The van der Waals surface area contributed by atoms with Gasteiger partial charge >= 0.3 is 0 Å². The fourth-order valence-electron chi connectivity index (χ4n) is 3.17. The molecule has 5 heteroatoms. The van der Waals surface area contributed by atoms with E-state index in [-0.39, 0.29) is 5.91 Å². The minimum atomic E-state index is -0.418. The first-order chi connectivity index (χ1) is 10.7. The molecule has 2 aliphatic heterocycles. The Hall–Kier alpha value is -1.59. The molecule has 120 valence electrons. The molecule has 0 saturated carbocycles. The zero-order valence-electron chi connectivity index (χ0n) is 13.1. The van der Waals surface area contributed by atoms with Gasteiger partial charge in [0.25, 0.3) is 0 Å². The van der Waals surface area contributed by atoms with Crippen LogP contribution in [0.5, 0.6) is 0 Å². The number of anilines is 1. The van der Waals surface area contributed by atoms with Crippen LogP contribution < -0.4 is 5.32 Å². The third-order valence-corrected chi connectivity index (χ3v) is 4.52. The lowest BCUT2D eigenvalue weighted by Gasteiger charge is -2.37. The number of amides is 1. The summed E-state index contributed by atoms with van der Waals surface area (Å²) in [5, 5.41) is 3.27. The fourth-order valence-corrected chi connectivity index (χ4v) is 3.17. The van der Waals surface area contributed by atoms with Crippen molar-refractivity contribution in [1.29, 1.82) is 0 Å². The average molecular weight is 304 g/mol. The number of likely N-dealkylation sites (tertiary alicyclic amines) is 1. The summed E-state index contributed by atoms with van der Waals surface area (Å²) >= 11 is 0. The Balaban J connectivity index is 1.50. The number of nitrogens with one attached hydrogen (secondary N) is 1. The lowest BCUT2D eigenvalue weighted by atomic mass is 10.0. The Morgan fingerprint density at radius 2 is 1.91 bits per heavy atom. The van der Waals surface area contributed by atoms with Crippen molar-refractivity contribution in [1.82, 2.24) is 4.90 Å². The highest BCUT2D eigenvalue weighted by Gasteiger charge is 2.40. The summed E-state index contributed by atoms with van der Waals surface area (Å²) in [6.45, 7) is 5.21. The number of ether oxygens (including phenoxy) is 2. The molecule has 1 N–H and O–H groups in total. The highest BCUT2D eigenvalue weighted by atomic mass is 16.7. The summed E-state index contributed by atoms with van der Waals surface area (Å²) in [5.74, 6) is -0.280. The monoisotopic (exact) mass is 304 g/mol. The maximum Gasteiger partial charge on any atom is 0.241 e. The third kappa shape index (κ3) is 3.25. The van der Waals surface area contributed by atoms with E-state index in [1.54, 1.807) is 0 Å². The van der Waals surface area contributed by atoms with Crippen molar-refractivity contribution in [2.45, 2.75) is 32.0 Å².